The Bertz CT molecular complexity index is 1420. The standard InChI is InChI=1S/C30H35Cl2N3O4S/c1-21-11-13-23(14-12-21)19-34(27(29(37)33-30(2,3)4)15-22-9-7-6-8-10-22)28(36)20-35(40(5,38)39)26-17-24(31)16-25(32)18-26/h6-14,16-18,27H,15,19-20H2,1-5H3,(H,33,37)/t27-/m1/s1. The van der Waals surface area contributed by atoms with E-state index in [0.29, 0.717) is 0 Å². The first-order valence-electron chi connectivity index (χ1n) is 12.8. The highest BCUT2D eigenvalue weighted by Crippen LogP contribution is 2.27. The van der Waals surface area contributed by atoms with Gasteiger partial charge in [0.1, 0.15) is 12.6 Å². The van der Waals surface area contributed by atoms with Crippen molar-refractivity contribution < 1.29 is 18.0 Å². The van der Waals surface area contributed by atoms with Crippen LogP contribution in [-0.4, -0.2) is 49.5 Å². The molecule has 3 rings (SSSR count). The van der Waals surface area contributed by atoms with Crippen LogP contribution in [0.25, 0.3) is 0 Å². The number of hydrogen-bond acceptors (Lipinski definition) is 4. The number of benzene rings is 3. The molecule has 1 N–H and O–H groups in total. The van der Waals surface area contributed by atoms with Crippen LogP contribution in [0.5, 0.6) is 0 Å². The van der Waals surface area contributed by atoms with Crippen LogP contribution in [0.4, 0.5) is 5.69 Å². The van der Waals surface area contributed by atoms with Crippen molar-refractivity contribution in [2.45, 2.75) is 52.2 Å². The molecule has 0 fully saturated rings. The fourth-order valence-electron chi connectivity index (χ4n) is 4.19. The largest absolute Gasteiger partial charge is 0.350 e. The maximum absolute atomic E-state index is 14.1. The summed E-state index contributed by atoms with van der Waals surface area (Å²) < 4.78 is 26.7. The van der Waals surface area contributed by atoms with Crippen LogP contribution in [0.3, 0.4) is 0 Å². The van der Waals surface area contributed by atoms with Crippen LogP contribution in [0, 0.1) is 6.92 Å². The highest BCUT2D eigenvalue weighted by molar-refractivity contribution is 7.92. The van der Waals surface area contributed by atoms with Gasteiger partial charge in [-0.05, 0) is 57.0 Å². The van der Waals surface area contributed by atoms with E-state index in [-0.39, 0.29) is 34.6 Å². The Labute approximate surface area is 247 Å². The summed E-state index contributed by atoms with van der Waals surface area (Å²) in [6.07, 6.45) is 1.25. The third-order valence-corrected chi connectivity index (χ3v) is 7.63. The van der Waals surface area contributed by atoms with Crippen LogP contribution in [0.2, 0.25) is 10.0 Å². The van der Waals surface area contributed by atoms with E-state index in [9.17, 15) is 18.0 Å². The van der Waals surface area contributed by atoms with Crippen LogP contribution in [0.15, 0.2) is 72.8 Å². The molecule has 10 heteroatoms. The lowest BCUT2D eigenvalue weighted by Crippen LogP contribution is -2.56. The van der Waals surface area contributed by atoms with Crippen molar-refractivity contribution in [3.8, 4) is 0 Å². The fraction of sp³-hybridized carbons (Fsp3) is 0.333. The molecule has 0 heterocycles. The van der Waals surface area contributed by atoms with Gasteiger partial charge in [-0.15, -0.1) is 0 Å². The highest BCUT2D eigenvalue weighted by atomic mass is 35.5. The molecule has 0 aliphatic rings. The lowest BCUT2D eigenvalue weighted by atomic mass is 10.0. The number of anilines is 1. The highest BCUT2D eigenvalue weighted by Gasteiger charge is 2.34. The lowest BCUT2D eigenvalue weighted by molar-refractivity contribution is -0.140. The van der Waals surface area contributed by atoms with E-state index in [0.717, 1.165) is 27.3 Å². The maximum Gasteiger partial charge on any atom is 0.244 e. The van der Waals surface area contributed by atoms with Gasteiger partial charge in [-0.2, -0.15) is 0 Å². The van der Waals surface area contributed by atoms with Crippen molar-refractivity contribution in [2.75, 3.05) is 17.1 Å². The van der Waals surface area contributed by atoms with Gasteiger partial charge < -0.3 is 10.2 Å². The third-order valence-electron chi connectivity index (χ3n) is 6.06. The van der Waals surface area contributed by atoms with E-state index in [2.05, 4.69) is 5.32 Å². The Balaban J connectivity index is 2.08. The number of amides is 2. The molecule has 0 spiro atoms. The predicted octanol–water partition coefficient (Wildman–Crippen LogP) is 5.62. The Morgan fingerprint density at radius 3 is 2.00 bits per heavy atom. The number of rotatable bonds is 10. The summed E-state index contributed by atoms with van der Waals surface area (Å²) in [6.45, 7) is 7.11. The van der Waals surface area contributed by atoms with E-state index < -0.39 is 34.1 Å². The van der Waals surface area contributed by atoms with Gasteiger partial charge in [0.15, 0.2) is 0 Å². The minimum absolute atomic E-state index is 0.0993. The second-order valence-electron chi connectivity index (χ2n) is 10.8. The van der Waals surface area contributed by atoms with Crippen molar-refractivity contribution in [3.63, 3.8) is 0 Å². The zero-order valence-corrected chi connectivity index (χ0v) is 25.6. The van der Waals surface area contributed by atoms with Crippen molar-refractivity contribution in [1.29, 1.82) is 0 Å². The molecule has 0 aliphatic carbocycles. The number of hydrogen-bond donors (Lipinski definition) is 1. The third kappa shape index (κ3) is 9.25. The summed E-state index contributed by atoms with van der Waals surface area (Å²) in [5.41, 5.74) is 2.31. The van der Waals surface area contributed by atoms with Crippen LogP contribution >= 0.6 is 23.2 Å². The summed E-state index contributed by atoms with van der Waals surface area (Å²) in [6, 6.07) is 20.5. The van der Waals surface area contributed by atoms with Crippen molar-refractivity contribution >= 4 is 50.7 Å². The van der Waals surface area contributed by atoms with Gasteiger partial charge in [0.2, 0.25) is 21.8 Å². The van der Waals surface area contributed by atoms with Gasteiger partial charge in [0.05, 0.1) is 11.9 Å². The molecule has 0 aliphatic heterocycles. The molecule has 0 aromatic heterocycles. The SMILES string of the molecule is Cc1ccc(CN(C(=O)CN(c2cc(Cl)cc(Cl)c2)S(C)(=O)=O)[C@H](Cc2ccccc2)C(=O)NC(C)(C)C)cc1. The Morgan fingerprint density at radius 2 is 1.48 bits per heavy atom. The molecular formula is C30H35Cl2N3O4S. The predicted molar refractivity (Wildman–Crippen MR) is 162 cm³/mol. The normalized spacial score (nSPS) is 12.5. The molecule has 7 nitrogen and oxygen atoms in total. The molecule has 0 radical (unpaired) electrons. The van der Waals surface area contributed by atoms with Crippen LogP contribution in [-0.2, 0) is 32.6 Å². The Morgan fingerprint density at radius 1 is 0.900 bits per heavy atom. The topological polar surface area (TPSA) is 86.8 Å². The average molecular weight is 605 g/mol. The van der Waals surface area contributed by atoms with Crippen LogP contribution < -0.4 is 9.62 Å². The molecule has 3 aromatic rings. The minimum Gasteiger partial charge on any atom is -0.350 e. The van der Waals surface area contributed by atoms with Gasteiger partial charge in [-0.25, -0.2) is 8.42 Å². The summed E-state index contributed by atoms with van der Waals surface area (Å²) in [7, 11) is -3.92. The number of aryl methyl sites for hydroxylation is 1. The number of halogens is 2. The van der Waals surface area contributed by atoms with Crippen molar-refractivity contribution in [2.24, 2.45) is 0 Å². The van der Waals surface area contributed by atoms with Gasteiger partial charge in [0.25, 0.3) is 0 Å². The fourth-order valence-corrected chi connectivity index (χ4v) is 5.54. The number of nitrogens with one attached hydrogen (secondary N) is 1. The number of sulfonamides is 1. The molecule has 2 amide bonds. The van der Waals surface area contributed by atoms with Crippen molar-refractivity contribution in [3.05, 3.63) is 99.5 Å². The molecule has 1 atom stereocenters. The van der Waals surface area contributed by atoms with Gasteiger partial charge in [-0.3, -0.25) is 13.9 Å². The number of carbonyl (C=O) groups is 2. The van der Waals surface area contributed by atoms with E-state index in [4.69, 9.17) is 23.2 Å². The van der Waals surface area contributed by atoms with Crippen LogP contribution in [0.1, 0.15) is 37.5 Å². The monoisotopic (exact) mass is 603 g/mol. The summed E-state index contributed by atoms with van der Waals surface area (Å²) >= 11 is 12.3. The maximum atomic E-state index is 14.1. The van der Waals surface area contributed by atoms with Gasteiger partial charge >= 0.3 is 0 Å². The molecule has 3 aromatic carbocycles. The average Bonchev–Trinajstić information content (AvgIpc) is 2.84. The molecule has 0 bridgehead atoms. The zero-order valence-electron chi connectivity index (χ0n) is 23.3. The second-order valence-corrected chi connectivity index (χ2v) is 13.6. The van der Waals surface area contributed by atoms with Crippen molar-refractivity contribution in [1.82, 2.24) is 10.2 Å². The molecule has 214 valence electrons. The summed E-state index contributed by atoms with van der Waals surface area (Å²) in [5.74, 6) is -0.888. The number of nitrogens with zero attached hydrogens (tertiary/aromatic N) is 2. The number of carbonyl (C=O) groups excluding carboxylic acids is 2. The van der Waals surface area contributed by atoms with E-state index in [1.54, 1.807) is 0 Å². The Hall–Kier alpha value is -3.07. The molecule has 0 saturated heterocycles. The molecular weight excluding hydrogens is 569 g/mol. The van der Waals surface area contributed by atoms with E-state index in [1.165, 1.54) is 23.1 Å². The first-order chi connectivity index (χ1) is 18.6. The zero-order chi connectivity index (χ0) is 29.7. The Kier molecular flexibility index (Phi) is 10.3. The smallest absolute Gasteiger partial charge is 0.244 e. The quantitative estimate of drug-likeness (QED) is 0.326. The molecule has 0 unspecified atom stereocenters. The van der Waals surface area contributed by atoms with E-state index in [1.807, 2.05) is 82.3 Å². The first-order valence-corrected chi connectivity index (χ1v) is 15.4. The minimum atomic E-state index is -3.92. The summed E-state index contributed by atoms with van der Waals surface area (Å²) in [4.78, 5) is 29.3. The second kappa shape index (κ2) is 13.1. The lowest BCUT2D eigenvalue weighted by Gasteiger charge is -2.35. The first kappa shape index (κ1) is 31.5. The van der Waals surface area contributed by atoms with Gasteiger partial charge in [-0.1, -0.05) is 83.4 Å². The summed E-state index contributed by atoms with van der Waals surface area (Å²) in [5, 5.41) is 3.46. The molecule has 40 heavy (non-hydrogen) atoms. The van der Waals surface area contributed by atoms with E-state index >= 15 is 0 Å². The molecule has 0 saturated carbocycles. The van der Waals surface area contributed by atoms with Gasteiger partial charge in [0, 0.05) is 28.5 Å².